The van der Waals surface area contributed by atoms with E-state index in [1.165, 1.54) is 12.1 Å². The Morgan fingerprint density at radius 1 is 1.29 bits per heavy atom. The van der Waals surface area contributed by atoms with E-state index >= 15 is 0 Å². The molecule has 6 heteroatoms. The summed E-state index contributed by atoms with van der Waals surface area (Å²) in [5, 5.41) is 3.42. The summed E-state index contributed by atoms with van der Waals surface area (Å²) in [4.78, 5) is 2.20. The van der Waals surface area contributed by atoms with Crippen LogP contribution in [0, 0.1) is 5.92 Å². The second-order valence-corrected chi connectivity index (χ2v) is 5.71. The van der Waals surface area contributed by atoms with E-state index in [2.05, 4.69) is 28.8 Å². The molecule has 0 amide bonds. The van der Waals surface area contributed by atoms with Gasteiger partial charge in [-0.15, -0.1) is 13.2 Å². The van der Waals surface area contributed by atoms with E-state index in [-0.39, 0.29) is 5.75 Å². The van der Waals surface area contributed by atoms with E-state index in [1.54, 1.807) is 12.1 Å². The van der Waals surface area contributed by atoms with Gasteiger partial charge in [0.1, 0.15) is 5.75 Å². The molecule has 0 bridgehead atoms. The fourth-order valence-electron chi connectivity index (χ4n) is 2.49. The number of halogens is 3. The first kappa shape index (κ1) is 15.9. The van der Waals surface area contributed by atoms with Gasteiger partial charge in [-0.25, -0.2) is 0 Å². The molecule has 1 atom stereocenters. The Kier molecular flexibility index (Phi) is 4.98. The lowest BCUT2D eigenvalue weighted by molar-refractivity contribution is -0.274. The largest absolute Gasteiger partial charge is 0.573 e. The molecule has 1 N–H and O–H groups in total. The Morgan fingerprint density at radius 3 is 2.52 bits per heavy atom. The molecule has 0 radical (unpaired) electrons. The van der Waals surface area contributed by atoms with Crippen molar-refractivity contribution in [3.05, 3.63) is 24.3 Å². The van der Waals surface area contributed by atoms with Crippen LogP contribution in [0.3, 0.4) is 0 Å². The van der Waals surface area contributed by atoms with Crippen molar-refractivity contribution >= 4 is 5.69 Å². The zero-order chi connectivity index (χ0) is 15.5. The fourth-order valence-corrected chi connectivity index (χ4v) is 2.49. The monoisotopic (exact) mass is 302 g/mol. The highest BCUT2D eigenvalue weighted by Gasteiger charge is 2.31. The van der Waals surface area contributed by atoms with E-state index in [1.807, 2.05) is 0 Å². The molecule has 21 heavy (non-hydrogen) atoms. The topological polar surface area (TPSA) is 24.5 Å². The molecule has 1 aliphatic rings. The standard InChI is InChI=1S/C15H21F3N2O/c1-11(2)19-9-12-7-8-20(10-12)13-3-5-14(6-4-13)21-15(16,17)18/h3-6,11-12,19H,7-10H2,1-2H3. The molecule has 1 unspecified atom stereocenters. The third-order valence-corrected chi connectivity index (χ3v) is 3.54. The lowest BCUT2D eigenvalue weighted by Crippen LogP contribution is -2.30. The molecule has 1 aromatic rings. The van der Waals surface area contributed by atoms with Crippen molar-refractivity contribution in [3.63, 3.8) is 0 Å². The average Bonchev–Trinajstić information content (AvgIpc) is 2.84. The number of anilines is 1. The molecule has 1 aromatic carbocycles. The molecule has 118 valence electrons. The van der Waals surface area contributed by atoms with E-state index < -0.39 is 6.36 Å². The molecular formula is C15H21F3N2O. The van der Waals surface area contributed by atoms with Crippen molar-refractivity contribution in [3.8, 4) is 5.75 Å². The molecule has 1 fully saturated rings. The highest BCUT2D eigenvalue weighted by Crippen LogP contribution is 2.28. The van der Waals surface area contributed by atoms with Gasteiger partial charge in [0.15, 0.2) is 0 Å². The molecule has 1 saturated heterocycles. The highest BCUT2D eigenvalue weighted by atomic mass is 19.4. The molecule has 0 aliphatic carbocycles. The Bertz CT molecular complexity index is 445. The summed E-state index contributed by atoms with van der Waals surface area (Å²) in [7, 11) is 0. The van der Waals surface area contributed by atoms with Crippen LogP contribution in [-0.4, -0.2) is 32.0 Å². The normalized spacial score (nSPS) is 19.3. The molecule has 2 rings (SSSR count). The predicted molar refractivity (Wildman–Crippen MR) is 76.6 cm³/mol. The van der Waals surface area contributed by atoms with Crippen molar-refractivity contribution in [1.82, 2.24) is 5.32 Å². The molecular weight excluding hydrogens is 281 g/mol. The van der Waals surface area contributed by atoms with Crippen LogP contribution in [0.15, 0.2) is 24.3 Å². The maximum atomic E-state index is 12.1. The number of benzene rings is 1. The third kappa shape index (κ3) is 5.12. The number of hydrogen-bond acceptors (Lipinski definition) is 3. The second-order valence-electron chi connectivity index (χ2n) is 5.71. The lowest BCUT2D eigenvalue weighted by atomic mass is 10.1. The van der Waals surface area contributed by atoms with Crippen molar-refractivity contribution < 1.29 is 17.9 Å². The summed E-state index contributed by atoms with van der Waals surface area (Å²) in [5.74, 6) is 0.405. The average molecular weight is 302 g/mol. The van der Waals surface area contributed by atoms with Crippen molar-refractivity contribution in [2.45, 2.75) is 32.7 Å². The van der Waals surface area contributed by atoms with Crippen molar-refractivity contribution in [2.75, 3.05) is 24.5 Å². The van der Waals surface area contributed by atoms with Crippen LogP contribution in [-0.2, 0) is 0 Å². The minimum Gasteiger partial charge on any atom is -0.406 e. The smallest absolute Gasteiger partial charge is 0.406 e. The predicted octanol–water partition coefficient (Wildman–Crippen LogP) is 3.41. The van der Waals surface area contributed by atoms with Gasteiger partial charge in [-0.2, -0.15) is 0 Å². The summed E-state index contributed by atoms with van der Waals surface area (Å²) in [6, 6.07) is 6.56. The van der Waals surface area contributed by atoms with Crippen LogP contribution in [0.1, 0.15) is 20.3 Å². The molecule has 0 spiro atoms. The first-order chi connectivity index (χ1) is 9.83. The maximum absolute atomic E-state index is 12.1. The first-order valence-electron chi connectivity index (χ1n) is 7.17. The number of ether oxygens (including phenoxy) is 1. The van der Waals surface area contributed by atoms with E-state index in [0.717, 1.165) is 31.7 Å². The Labute approximate surface area is 123 Å². The zero-order valence-corrected chi connectivity index (χ0v) is 12.3. The van der Waals surface area contributed by atoms with Gasteiger partial charge in [0.25, 0.3) is 0 Å². The number of nitrogens with one attached hydrogen (secondary N) is 1. The number of nitrogens with zero attached hydrogens (tertiary/aromatic N) is 1. The van der Waals surface area contributed by atoms with Gasteiger partial charge in [-0.05, 0) is 43.1 Å². The second kappa shape index (κ2) is 6.56. The molecule has 3 nitrogen and oxygen atoms in total. The molecule has 0 aromatic heterocycles. The van der Waals surface area contributed by atoms with Crippen molar-refractivity contribution in [2.24, 2.45) is 5.92 Å². The summed E-state index contributed by atoms with van der Waals surface area (Å²) < 4.78 is 40.2. The maximum Gasteiger partial charge on any atom is 0.573 e. The van der Waals surface area contributed by atoms with Gasteiger partial charge < -0.3 is 15.0 Å². The first-order valence-corrected chi connectivity index (χ1v) is 7.17. The van der Waals surface area contributed by atoms with Crippen LogP contribution in [0.25, 0.3) is 0 Å². The molecule has 1 aliphatic heterocycles. The van der Waals surface area contributed by atoms with Gasteiger partial charge >= 0.3 is 6.36 Å². The minimum atomic E-state index is -4.64. The highest BCUT2D eigenvalue weighted by molar-refractivity contribution is 5.49. The van der Waals surface area contributed by atoms with Crippen LogP contribution < -0.4 is 15.0 Å². The van der Waals surface area contributed by atoms with Crippen molar-refractivity contribution in [1.29, 1.82) is 0 Å². The van der Waals surface area contributed by atoms with E-state index in [9.17, 15) is 13.2 Å². The Balaban J connectivity index is 1.88. The Hall–Kier alpha value is -1.43. The van der Waals surface area contributed by atoms with Gasteiger partial charge in [-0.3, -0.25) is 0 Å². The number of rotatable bonds is 5. The van der Waals surface area contributed by atoms with E-state index in [4.69, 9.17) is 0 Å². The zero-order valence-electron chi connectivity index (χ0n) is 12.3. The van der Waals surface area contributed by atoms with Crippen LogP contribution in [0.4, 0.5) is 18.9 Å². The summed E-state index contributed by atoms with van der Waals surface area (Å²) >= 11 is 0. The quantitative estimate of drug-likeness (QED) is 0.902. The van der Waals surface area contributed by atoms with E-state index in [0.29, 0.717) is 12.0 Å². The summed E-state index contributed by atoms with van der Waals surface area (Å²) in [5.41, 5.74) is 0.941. The third-order valence-electron chi connectivity index (χ3n) is 3.54. The van der Waals surface area contributed by atoms with Crippen LogP contribution in [0.5, 0.6) is 5.75 Å². The van der Waals surface area contributed by atoms with Gasteiger partial charge in [0, 0.05) is 24.8 Å². The Morgan fingerprint density at radius 2 is 1.95 bits per heavy atom. The summed E-state index contributed by atoms with van der Waals surface area (Å²) in [6.07, 6.45) is -3.54. The molecule has 0 saturated carbocycles. The fraction of sp³-hybridized carbons (Fsp3) is 0.600. The van der Waals surface area contributed by atoms with Gasteiger partial charge in [-0.1, -0.05) is 13.8 Å². The minimum absolute atomic E-state index is 0.177. The number of alkyl halides is 3. The van der Waals surface area contributed by atoms with Crippen LogP contribution >= 0.6 is 0 Å². The van der Waals surface area contributed by atoms with Crippen LogP contribution in [0.2, 0.25) is 0 Å². The molecule has 1 heterocycles. The lowest BCUT2D eigenvalue weighted by Gasteiger charge is -2.20. The number of hydrogen-bond donors (Lipinski definition) is 1. The van der Waals surface area contributed by atoms with Gasteiger partial charge in [0.2, 0.25) is 0 Å². The summed E-state index contributed by atoms with van der Waals surface area (Å²) in [6.45, 7) is 7.07. The van der Waals surface area contributed by atoms with Gasteiger partial charge in [0.05, 0.1) is 0 Å². The SMILES string of the molecule is CC(C)NCC1CCN(c2ccc(OC(F)(F)F)cc2)C1.